The monoisotopic (exact) mass is 328 g/mol. The smallest absolute Gasteiger partial charge is 0.305 e. The molecule has 24 heavy (non-hydrogen) atoms. The second-order valence-electron chi connectivity index (χ2n) is 5.65. The van der Waals surface area contributed by atoms with Crippen molar-refractivity contribution in [1.82, 2.24) is 4.57 Å². The number of hydrogen-bond donors (Lipinski definition) is 1. The van der Waals surface area contributed by atoms with Crippen molar-refractivity contribution in [2.75, 3.05) is 12.3 Å². The molecule has 0 unspecified atom stereocenters. The van der Waals surface area contributed by atoms with E-state index in [1.807, 2.05) is 23.9 Å². The molecular weight excluding hydrogens is 304 g/mol. The van der Waals surface area contributed by atoms with Gasteiger partial charge in [-0.1, -0.05) is 19.1 Å². The standard InChI is InChI=1S/C19H24N2O3/c1-3-14-12-21(10-6-9-18(22)24-4-2)13-17(14)19(23)15-7-5-8-16(20)11-15/h5,7-8,11-13H,3-4,6,9-10,20H2,1-2H3. The molecule has 0 bridgehead atoms. The molecule has 2 N–H and O–H groups in total. The van der Waals surface area contributed by atoms with Gasteiger partial charge in [0.1, 0.15) is 0 Å². The van der Waals surface area contributed by atoms with Crippen LogP contribution >= 0.6 is 0 Å². The molecule has 5 heteroatoms. The van der Waals surface area contributed by atoms with Crippen molar-refractivity contribution >= 4 is 17.4 Å². The summed E-state index contributed by atoms with van der Waals surface area (Å²) < 4.78 is 6.89. The summed E-state index contributed by atoms with van der Waals surface area (Å²) in [4.78, 5) is 24.1. The van der Waals surface area contributed by atoms with Crippen LogP contribution in [-0.4, -0.2) is 22.9 Å². The van der Waals surface area contributed by atoms with Crippen LogP contribution < -0.4 is 5.73 Å². The molecule has 0 atom stereocenters. The van der Waals surface area contributed by atoms with E-state index >= 15 is 0 Å². The second-order valence-corrected chi connectivity index (χ2v) is 5.65. The number of rotatable bonds is 8. The fourth-order valence-corrected chi connectivity index (χ4v) is 2.65. The predicted octanol–water partition coefficient (Wildman–Crippen LogP) is 3.21. The van der Waals surface area contributed by atoms with Gasteiger partial charge in [0.25, 0.3) is 0 Å². The number of carbonyl (C=O) groups is 2. The number of anilines is 1. The van der Waals surface area contributed by atoms with Crippen LogP contribution in [0.15, 0.2) is 36.7 Å². The third kappa shape index (κ3) is 4.47. The largest absolute Gasteiger partial charge is 0.466 e. The number of nitrogens with two attached hydrogens (primary N) is 1. The number of aryl methyl sites for hydroxylation is 2. The first-order valence-electron chi connectivity index (χ1n) is 8.29. The number of nitrogens with zero attached hydrogens (tertiary/aromatic N) is 1. The van der Waals surface area contributed by atoms with Crippen molar-refractivity contribution in [3.63, 3.8) is 0 Å². The van der Waals surface area contributed by atoms with Crippen molar-refractivity contribution in [2.24, 2.45) is 0 Å². The Morgan fingerprint density at radius 3 is 2.67 bits per heavy atom. The minimum absolute atomic E-state index is 0.0247. The van der Waals surface area contributed by atoms with Crippen molar-refractivity contribution in [3.8, 4) is 0 Å². The van der Waals surface area contributed by atoms with Crippen LogP contribution in [0.1, 0.15) is 48.2 Å². The highest BCUT2D eigenvalue weighted by Crippen LogP contribution is 2.19. The summed E-state index contributed by atoms with van der Waals surface area (Å²) >= 11 is 0. The molecule has 0 aliphatic carbocycles. The number of ketones is 1. The summed E-state index contributed by atoms with van der Waals surface area (Å²) in [7, 11) is 0. The van der Waals surface area contributed by atoms with Crippen molar-refractivity contribution < 1.29 is 14.3 Å². The molecule has 2 rings (SSSR count). The normalized spacial score (nSPS) is 10.6. The Bertz CT molecular complexity index is 719. The molecule has 0 fully saturated rings. The van der Waals surface area contributed by atoms with Gasteiger partial charge in [0, 0.05) is 42.2 Å². The molecule has 0 saturated heterocycles. The molecule has 0 saturated carbocycles. The predicted molar refractivity (Wildman–Crippen MR) is 94.0 cm³/mol. The van der Waals surface area contributed by atoms with Gasteiger partial charge in [-0.2, -0.15) is 0 Å². The molecule has 1 aromatic carbocycles. The number of carbonyl (C=O) groups excluding carboxylic acids is 2. The minimum Gasteiger partial charge on any atom is -0.466 e. The summed E-state index contributed by atoms with van der Waals surface area (Å²) in [6, 6.07) is 7.01. The Kier molecular flexibility index (Phi) is 6.18. The Hall–Kier alpha value is -2.56. The lowest BCUT2D eigenvalue weighted by Gasteiger charge is -2.03. The van der Waals surface area contributed by atoms with Crippen LogP contribution in [0.3, 0.4) is 0 Å². The van der Waals surface area contributed by atoms with Gasteiger partial charge < -0.3 is 15.0 Å². The summed E-state index contributed by atoms with van der Waals surface area (Å²) in [5.74, 6) is -0.209. The number of esters is 1. The Morgan fingerprint density at radius 2 is 2.00 bits per heavy atom. The zero-order valence-corrected chi connectivity index (χ0v) is 14.2. The molecule has 128 valence electrons. The van der Waals surface area contributed by atoms with Crippen LogP contribution in [0.2, 0.25) is 0 Å². The molecule has 1 aromatic heterocycles. The van der Waals surface area contributed by atoms with Crippen molar-refractivity contribution in [3.05, 3.63) is 53.3 Å². The van der Waals surface area contributed by atoms with Gasteiger partial charge in [-0.05, 0) is 37.5 Å². The fourth-order valence-electron chi connectivity index (χ4n) is 2.65. The van der Waals surface area contributed by atoms with E-state index in [-0.39, 0.29) is 11.8 Å². The van der Waals surface area contributed by atoms with E-state index in [0.29, 0.717) is 42.8 Å². The number of nitrogen functional groups attached to an aromatic ring is 1. The van der Waals surface area contributed by atoms with Crippen LogP contribution in [0.5, 0.6) is 0 Å². The van der Waals surface area contributed by atoms with Crippen molar-refractivity contribution in [1.29, 1.82) is 0 Å². The van der Waals surface area contributed by atoms with Gasteiger partial charge in [0.05, 0.1) is 6.61 Å². The number of ether oxygens (including phenoxy) is 1. The van der Waals surface area contributed by atoms with E-state index in [1.165, 1.54) is 0 Å². The van der Waals surface area contributed by atoms with Gasteiger partial charge >= 0.3 is 5.97 Å². The van der Waals surface area contributed by atoms with Crippen LogP contribution in [0.4, 0.5) is 5.69 Å². The van der Waals surface area contributed by atoms with Gasteiger partial charge in [-0.25, -0.2) is 0 Å². The summed E-state index contributed by atoms with van der Waals surface area (Å²) in [6.45, 7) is 4.90. The first-order chi connectivity index (χ1) is 11.5. The summed E-state index contributed by atoms with van der Waals surface area (Å²) in [5, 5.41) is 0. The van der Waals surface area contributed by atoms with E-state index in [0.717, 1.165) is 12.0 Å². The third-order valence-electron chi connectivity index (χ3n) is 3.84. The van der Waals surface area contributed by atoms with E-state index in [2.05, 4.69) is 0 Å². The second kappa shape index (κ2) is 8.34. The van der Waals surface area contributed by atoms with E-state index in [1.54, 1.807) is 31.2 Å². The van der Waals surface area contributed by atoms with Crippen LogP contribution in [0, 0.1) is 0 Å². The molecule has 0 aliphatic heterocycles. The van der Waals surface area contributed by atoms with Gasteiger partial charge in [0.15, 0.2) is 5.78 Å². The van der Waals surface area contributed by atoms with Gasteiger partial charge in [0.2, 0.25) is 0 Å². The highest BCUT2D eigenvalue weighted by atomic mass is 16.5. The highest BCUT2D eigenvalue weighted by molar-refractivity contribution is 6.10. The van der Waals surface area contributed by atoms with E-state index in [9.17, 15) is 9.59 Å². The Balaban J connectivity index is 2.09. The minimum atomic E-state index is -0.184. The van der Waals surface area contributed by atoms with Gasteiger partial charge in [-0.3, -0.25) is 9.59 Å². The first-order valence-corrected chi connectivity index (χ1v) is 8.29. The zero-order valence-electron chi connectivity index (χ0n) is 14.2. The molecule has 0 aliphatic rings. The van der Waals surface area contributed by atoms with E-state index < -0.39 is 0 Å². The zero-order chi connectivity index (χ0) is 17.5. The topological polar surface area (TPSA) is 74.3 Å². The maximum Gasteiger partial charge on any atom is 0.305 e. The molecule has 5 nitrogen and oxygen atoms in total. The number of aromatic nitrogens is 1. The first kappa shape index (κ1) is 17.8. The average molecular weight is 328 g/mol. The number of hydrogen-bond acceptors (Lipinski definition) is 4. The highest BCUT2D eigenvalue weighted by Gasteiger charge is 2.16. The molecule has 0 radical (unpaired) electrons. The third-order valence-corrected chi connectivity index (χ3v) is 3.84. The average Bonchev–Trinajstić information content (AvgIpc) is 2.97. The Labute approximate surface area is 142 Å². The van der Waals surface area contributed by atoms with Gasteiger partial charge in [-0.15, -0.1) is 0 Å². The van der Waals surface area contributed by atoms with Crippen LogP contribution in [-0.2, 0) is 22.5 Å². The van der Waals surface area contributed by atoms with Crippen molar-refractivity contribution in [2.45, 2.75) is 39.7 Å². The lowest BCUT2D eigenvalue weighted by atomic mass is 10.0. The lowest BCUT2D eigenvalue weighted by molar-refractivity contribution is -0.143. The molecule has 1 heterocycles. The maximum atomic E-state index is 12.7. The van der Waals surface area contributed by atoms with Crippen LogP contribution in [0.25, 0.3) is 0 Å². The molecule has 0 spiro atoms. The lowest BCUT2D eigenvalue weighted by Crippen LogP contribution is -2.06. The van der Waals surface area contributed by atoms with E-state index in [4.69, 9.17) is 10.5 Å². The molecule has 2 aromatic rings. The maximum absolute atomic E-state index is 12.7. The SMILES string of the molecule is CCOC(=O)CCCn1cc(CC)c(C(=O)c2cccc(N)c2)c1. The fraction of sp³-hybridized carbons (Fsp3) is 0.368. The Morgan fingerprint density at radius 1 is 1.21 bits per heavy atom. The quantitative estimate of drug-likeness (QED) is 0.459. The summed E-state index contributed by atoms with van der Waals surface area (Å²) in [5.41, 5.74) is 8.63. The summed E-state index contributed by atoms with van der Waals surface area (Å²) in [6.07, 6.45) is 5.67. The number of benzene rings is 1. The molecular formula is C19H24N2O3. The molecule has 0 amide bonds.